The van der Waals surface area contributed by atoms with E-state index in [2.05, 4.69) is 44.5 Å². The molecule has 0 aliphatic carbocycles. The molecule has 0 saturated heterocycles. The minimum Gasteiger partial charge on any atom is -0.497 e. The van der Waals surface area contributed by atoms with E-state index in [9.17, 15) is 0 Å². The molecule has 26 heavy (non-hydrogen) atoms. The molecule has 5 nitrogen and oxygen atoms in total. The average Bonchev–Trinajstić information content (AvgIpc) is 2.68. The summed E-state index contributed by atoms with van der Waals surface area (Å²) in [5, 5.41) is 3.40. The molecule has 0 fully saturated rings. The number of para-hydroxylation sites is 1. The number of anilines is 3. The van der Waals surface area contributed by atoms with Gasteiger partial charge in [0.2, 0.25) is 0 Å². The van der Waals surface area contributed by atoms with Crippen molar-refractivity contribution in [1.29, 1.82) is 0 Å². The monoisotopic (exact) mass is 348 g/mol. The lowest BCUT2D eigenvalue weighted by Gasteiger charge is -2.19. The Balaban J connectivity index is 1.65. The molecule has 0 saturated carbocycles. The van der Waals surface area contributed by atoms with E-state index in [1.807, 2.05) is 50.4 Å². The van der Waals surface area contributed by atoms with E-state index >= 15 is 0 Å². The van der Waals surface area contributed by atoms with Crippen LogP contribution in [0, 0.1) is 6.92 Å². The van der Waals surface area contributed by atoms with Crippen molar-refractivity contribution in [3.8, 4) is 5.75 Å². The number of benzene rings is 2. The van der Waals surface area contributed by atoms with Crippen molar-refractivity contribution in [2.45, 2.75) is 13.3 Å². The molecule has 3 aromatic rings. The molecular weight excluding hydrogens is 324 g/mol. The first-order valence-electron chi connectivity index (χ1n) is 8.67. The highest BCUT2D eigenvalue weighted by molar-refractivity contribution is 5.61. The standard InChI is InChI=1S/C21H24N4O/c1-16-23-20(22-14-13-17-9-11-19(26-3)12-10-17)15-21(24-16)25(2)18-7-5-4-6-8-18/h4-12,15H,13-14H2,1-3H3,(H,22,23,24). The van der Waals surface area contributed by atoms with Crippen molar-refractivity contribution in [2.24, 2.45) is 0 Å². The van der Waals surface area contributed by atoms with Crippen LogP contribution in [0.4, 0.5) is 17.3 Å². The fourth-order valence-corrected chi connectivity index (χ4v) is 2.73. The zero-order chi connectivity index (χ0) is 18.4. The first kappa shape index (κ1) is 17.7. The maximum Gasteiger partial charge on any atom is 0.138 e. The molecule has 3 rings (SSSR count). The molecule has 0 aliphatic heterocycles. The molecular formula is C21H24N4O. The van der Waals surface area contributed by atoms with Gasteiger partial charge in [-0.3, -0.25) is 0 Å². The van der Waals surface area contributed by atoms with Crippen LogP contribution in [0.2, 0.25) is 0 Å². The van der Waals surface area contributed by atoms with Crippen LogP contribution in [0.1, 0.15) is 11.4 Å². The molecule has 0 amide bonds. The number of nitrogens with zero attached hydrogens (tertiary/aromatic N) is 3. The minimum atomic E-state index is 0.747. The van der Waals surface area contributed by atoms with Crippen LogP contribution in [-0.4, -0.2) is 30.7 Å². The van der Waals surface area contributed by atoms with Gasteiger partial charge in [-0.1, -0.05) is 30.3 Å². The number of aromatic nitrogens is 2. The Morgan fingerprint density at radius 3 is 2.42 bits per heavy atom. The van der Waals surface area contributed by atoms with Crippen molar-refractivity contribution < 1.29 is 4.74 Å². The van der Waals surface area contributed by atoms with Crippen molar-refractivity contribution in [2.75, 3.05) is 30.9 Å². The first-order valence-corrected chi connectivity index (χ1v) is 8.67. The highest BCUT2D eigenvalue weighted by Gasteiger charge is 2.08. The number of aryl methyl sites for hydroxylation is 1. The van der Waals surface area contributed by atoms with Gasteiger partial charge in [0.1, 0.15) is 23.2 Å². The van der Waals surface area contributed by atoms with Gasteiger partial charge in [0.15, 0.2) is 0 Å². The van der Waals surface area contributed by atoms with Gasteiger partial charge in [0, 0.05) is 25.3 Å². The summed E-state index contributed by atoms with van der Waals surface area (Å²) in [4.78, 5) is 11.1. The van der Waals surface area contributed by atoms with Crippen LogP contribution in [0.25, 0.3) is 0 Å². The van der Waals surface area contributed by atoms with Crippen LogP contribution in [-0.2, 0) is 6.42 Å². The summed E-state index contributed by atoms with van der Waals surface area (Å²) in [5.41, 5.74) is 2.35. The van der Waals surface area contributed by atoms with Gasteiger partial charge in [-0.15, -0.1) is 0 Å². The summed E-state index contributed by atoms with van der Waals surface area (Å²) in [6, 6.07) is 20.3. The van der Waals surface area contributed by atoms with E-state index in [-0.39, 0.29) is 0 Å². The summed E-state index contributed by atoms with van der Waals surface area (Å²) in [6.45, 7) is 2.72. The van der Waals surface area contributed by atoms with Gasteiger partial charge >= 0.3 is 0 Å². The molecule has 0 radical (unpaired) electrons. The normalized spacial score (nSPS) is 10.4. The quantitative estimate of drug-likeness (QED) is 0.693. The third-order valence-corrected chi connectivity index (χ3v) is 4.19. The highest BCUT2D eigenvalue weighted by atomic mass is 16.5. The van der Waals surface area contributed by atoms with Gasteiger partial charge in [-0.2, -0.15) is 0 Å². The minimum absolute atomic E-state index is 0.747. The molecule has 134 valence electrons. The van der Waals surface area contributed by atoms with Crippen LogP contribution in [0.3, 0.4) is 0 Å². The summed E-state index contributed by atoms with van der Waals surface area (Å²) in [7, 11) is 3.69. The van der Waals surface area contributed by atoms with Gasteiger partial charge in [-0.05, 0) is 43.2 Å². The number of ether oxygens (including phenoxy) is 1. The highest BCUT2D eigenvalue weighted by Crippen LogP contribution is 2.23. The second-order valence-corrected chi connectivity index (χ2v) is 6.08. The maximum absolute atomic E-state index is 5.19. The van der Waals surface area contributed by atoms with E-state index < -0.39 is 0 Å². The lowest BCUT2D eigenvalue weighted by molar-refractivity contribution is 0.414. The number of hydrogen-bond donors (Lipinski definition) is 1. The third kappa shape index (κ3) is 4.51. The van der Waals surface area contributed by atoms with E-state index in [0.29, 0.717) is 0 Å². The fraction of sp³-hybridized carbons (Fsp3) is 0.238. The molecule has 5 heteroatoms. The first-order chi connectivity index (χ1) is 12.7. The second kappa shape index (κ2) is 8.34. The summed E-state index contributed by atoms with van der Waals surface area (Å²) in [5.74, 6) is 3.33. The van der Waals surface area contributed by atoms with Crippen LogP contribution in [0.5, 0.6) is 5.75 Å². The smallest absolute Gasteiger partial charge is 0.138 e. The number of hydrogen-bond acceptors (Lipinski definition) is 5. The lowest BCUT2D eigenvalue weighted by Crippen LogP contribution is -2.14. The van der Waals surface area contributed by atoms with Crippen LogP contribution < -0.4 is 15.0 Å². The van der Waals surface area contributed by atoms with E-state index in [0.717, 1.165) is 41.9 Å². The van der Waals surface area contributed by atoms with E-state index in [1.54, 1.807) is 7.11 Å². The zero-order valence-corrected chi connectivity index (χ0v) is 15.4. The zero-order valence-electron chi connectivity index (χ0n) is 15.4. The average molecular weight is 348 g/mol. The largest absolute Gasteiger partial charge is 0.497 e. The predicted octanol–water partition coefficient (Wildman–Crippen LogP) is 4.22. The summed E-state index contributed by atoms with van der Waals surface area (Å²) in [6.07, 6.45) is 0.914. The van der Waals surface area contributed by atoms with Gasteiger partial charge in [-0.25, -0.2) is 9.97 Å². The number of nitrogens with one attached hydrogen (secondary N) is 1. The Labute approximate surface area is 154 Å². The predicted molar refractivity (Wildman–Crippen MR) is 106 cm³/mol. The van der Waals surface area contributed by atoms with Gasteiger partial charge in [0.05, 0.1) is 7.11 Å². The SMILES string of the molecule is COc1ccc(CCNc2cc(N(C)c3ccccc3)nc(C)n2)cc1. The van der Waals surface area contributed by atoms with Crippen LogP contribution in [0.15, 0.2) is 60.7 Å². The van der Waals surface area contributed by atoms with Crippen molar-refractivity contribution in [3.05, 3.63) is 72.1 Å². The third-order valence-electron chi connectivity index (χ3n) is 4.19. The van der Waals surface area contributed by atoms with E-state index in [4.69, 9.17) is 4.74 Å². The summed E-state index contributed by atoms with van der Waals surface area (Å²) >= 11 is 0. The molecule has 0 atom stereocenters. The van der Waals surface area contributed by atoms with Crippen molar-refractivity contribution >= 4 is 17.3 Å². The Bertz CT molecular complexity index is 834. The molecule has 1 heterocycles. The van der Waals surface area contributed by atoms with Crippen molar-refractivity contribution in [1.82, 2.24) is 9.97 Å². The summed E-state index contributed by atoms with van der Waals surface area (Å²) < 4.78 is 5.19. The Morgan fingerprint density at radius 1 is 1.00 bits per heavy atom. The van der Waals surface area contributed by atoms with Crippen LogP contribution >= 0.6 is 0 Å². The topological polar surface area (TPSA) is 50.3 Å². The molecule has 0 bridgehead atoms. The van der Waals surface area contributed by atoms with E-state index in [1.165, 1.54) is 5.56 Å². The lowest BCUT2D eigenvalue weighted by atomic mass is 10.1. The molecule has 0 spiro atoms. The Kier molecular flexibility index (Phi) is 5.69. The molecule has 0 aliphatic rings. The fourth-order valence-electron chi connectivity index (χ4n) is 2.73. The Hall–Kier alpha value is -3.08. The molecule has 0 unspecified atom stereocenters. The number of rotatable bonds is 7. The Morgan fingerprint density at radius 2 is 1.73 bits per heavy atom. The molecule has 1 aromatic heterocycles. The maximum atomic E-state index is 5.19. The number of methoxy groups -OCH3 is 1. The van der Waals surface area contributed by atoms with Gasteiger partial charge < -0.3 is 15.0 Å². The molecule has 1 N–H and O–H groups in total. The van der Waals surface area contributed by atoms with Gasteiger partial charge in [0.25, 0.3) is 0 Å². The van der Waals surface area contributed by atoms with Crippen molar-refractivity contribution in [3.63, 3.8) is 0 Å². The molecule has 2 aromatic carbocycles. The second-order valence-electron chi connectivity index (χ2n) is 6.08.